The first-order valence-electron chi connectivity index (χ1n) is 11.4. The molecule has 37 heavy (non-hydrogen) atoms. The Balaban J connectivity index is 0.00000252. The molecule has 0 saturated heterocycles. The van der Waals surface area contributed by atoms with Gasteiger partial charge in [-0.25, -0.2) is 4.98 Å². The molecule has 0 bridgehead atoms. The number of pyridine rings is 1. The Hall–Kier alpha value is -3.89. The van der Waals surface area contributed by atoms with E-state index in [9.17, 15) is 0 Å². The third-order valence-corrected chi connectivity index (χ3v) is 7.00. The number of benzene rings is 3. The van der Waals surface area contributed by atoms with E-state index in [0.717, 1.165) is 49.4 Å². The minimum absolute atomic E-state index is 0. The zero-order valence-corrected chi connectivity index (χ0v) is 22.7. The zero-order chi connectivity index (χ0) is 24.1. The SMILES string of the molecule is C[N+]1=C=[N+](c2[c-]c(Sc3[c-]c4c(cc3)c3ccccc3n4-c3ccccn3)ccc2)c2nccnc21.[Pt+2]. The van der Waals surface area contributed by atoms with E-state index >= 15 is 0 Å². The largest absolute Gasteiger partial charge is 2.00 e. The zero-order valence-electron chi connectivity index (χ0n) is 19.6. The van der Waals surface area contributed by atoms with Crippen molar-refractivity contribution in [3.05, 3.63) is 104 Å². The van der Waals surface area contributed by atoms with Gasteiger partial charge in [-0.15, -0.1) is 49.4 Å². The second kappa shape index (κ2) is 9.53. The van der Waals surface area contributed by atoms with Crippen molar-refractivity contribution >= 4 is 56.9 Å². The molecule has 6 nitrogen and oxygen atoms in total. The van der Waals surface area contributed by atoms with Gasteiger partial charge < -0.3 is 4.57 Å². The molecule has 4 heterocycles. The van der Waals surface area contributed by atoms with Gasteiger partial charge in [-0.05, 0) is 23.6 Å². The van der Waals surface area contributed by atoms with Crippen molar-refractivity contribution in [1.82, 2.24) is 24.1 Å². The molecule has 7 rings (SSSR count). The number of fused-ring (bicyclic) bond motifs is 4. The molecule has 8 heteroatoms. The van der Waals surface area contributed by atoms with Crippen molar-refractivity contribution in [3.8, 4) is 5.82 Å². The molecule has 0 N–H and O–H groups in total. The van der Waals surface area contributed by atoms with E-state index in [1.807, 2.05) is 52.7 Å². The van der Waals surface area contributed by atoms with Crippen molar-refractivity contribution in [3.63, 3.8) is 0 Å². The minimum Gasteiger partial charge on any atom is -0.319 e. The van der Waals surface area contributed by atoms with Crippen LogP contribution >= 0.6 is 11.8 Å². The van der Waals surface area contributed by atoms with Gasteiger partial charge in [0, 0.05) is 16.7 Å². The molecule has 3 aromatic heterocycles. The van der Waals surface area contributed by atoms with Crippen LogP contribution in [0.3, 0.4) is 0 Å². The molecule has 0 fully saturated rings. The molecular formula is C29H18N6PtS+2. The van der Waals surface area contributed by atoms with Crippen LogP contribution in [0.15, 0.2) is 101 Å². The Bertz CT molecular complexity index is 1870. The normalized spacial score (nSPS) is 12.2. The predicted molar refractivity (Wildman–Crippen MR) is 141 cm³/mol. The van der Waals surface area contributed by atoms with E-state index in [-0.39, 0.29) is 21.1 Å². The van der Waals surface area contributed by atoms with Crippen LogP contribution in [0.2, 0.25) is 0 Å². The van der Waals surface area contributed by atoms with Crippen LogP contribution < -0.4 is 4.58 Å². The maximum Gasteiger partial charge on any atom is 2.00 e. The summed E-state index contributed by atoms with van der Waals surface area (Å²) in [6.07, 6.45) is 5.20. The van der Waals surface area contributed by atoms with Gasteiger partial charge in [-0.2, -0.15) is 29.2 Å². The summed E-state index contributed by atoms with van der Waals surface area (Å²) in [4.78, 5) is 15.5. The van der Waals surface area contributed by atoms with Crippen LogP contribution in [-0.4, -0.2) is 37.2 Å². The Morgan fingerprint density at radius 1 is 0.757 bits per heavy atom. The van der Waals surface area contributed by atoms with E-state index in [2.05, 4.69) is 80.1 Å². The van der Waals surface area contributed by atoms with Crippen LogP contribution in [0.1, 0.15) is 0 Å². The molecule has 0 aliphatic carbocycles. The maximum atomic E-state index is 4.62. The maximum absolute atomic E-state index is 4.62. The molecule has 0 spiro atoms. The number of nitrogens with zero attached hydrogens (tertiary/aromatic N) is 6. The number of rotatable bonds is 4. The molecule has 6 aromatic rings. The van der Waals surface area contributed by atoms with Crippen molar-refractivity contribution in [2.24, 2.45) is 0 Å². The third kappa shape index (κ3) is 4.02. The Morgan fingerprint density at radius 2 is 1.57 bits per heavy atom. The molecule has 0 amide bonds. The van der Waals surface area contributed by atoms with Crippen molar-refractivity contribution < 1.29 is 25.6 Å². The molecule has 3 aromatic carbocycles. The van der Waals surface area contributed by atoms with Crippen LogP contribution in [0.25, 0.3) is 27.6 Å². The second-order valence-corrected chi connectivity index (χ2v) is 9.41. The summed E-state index contributed by atoms with van der Waals surface area (Å²) in [6, 6.07) is 35.2. The minimum atomic E-state index is 0. The van der Waals surface area contributed by atoms with E-state index in [4.69, 9.17) is 0 Å². The summed E-state index contributed by atoms with van der Waals surface area (Å²) in [5.41, 5.74) is 2.97. The Kier molecular flexibility index (Phi) is 6.05. The first-order chi connectivity index (χ1) is 17.8. The molecule has 0 atom stereocenters. The first-order valence-corrected chi connectivity index (χ1v) is 12.3. The first kappa shape index (κ1) is 23.5. The van der Waals surface area contributed by atoms with Gasteiger partial charge in [0.15, 0.2) is 6.20 Å². The standard InChI is InChI=1S/C29H18N6S.Pt/c1-33-19-34(29-28(33)31-15-16-32-29)20-7-6-8-21(17-20)36-22-12-13-24-23-9-2-3-10-25(23)35(26(24)18-22)27-11-4-5-14-30-27;/h2-16H,1H3;/q;+2. The van der Waals surface area contributed by atoms with E-state index in [1.54, 1.807) is 24.2 Å². The number of aromatic nitrogens is 4. The van der Waals surface area contributed by atoms with Crippen molar-refractivity contribution in [2.75, 3.05) is 7.05 Å². The monoisotopic (exact) mass is 677 g/mol. The average Bonchev–Trinajstić information content (AvgIpc) is 3.44. The summed E-state index contributed by atoms with van der Waals surface area (Å²) in [5, 5.41) is 2.33. The summed E-state index contributed by atoms with van der Waals surface area (Å²) >= 11 is 1.62. The fraction of sp³-hybridized carbons (Fsp3) is 0.0345. The Morgan fingerprint density at radius 3 is 2.43 bits per heavy atom. The summed E-state index contributed by atoms with van der Waals surface area (Å²) in [5.74, 6) is 2.39. The Labute approximate surface area is 231 Å². The van der Waals surface area contributed by atoms with Crippen LogP contribution in [0.4, 0.5) is 17.3 Å². The molecule has 1 aliphatic heterocycles. The number of hydrogen-bond acceptors (Lipinski definition) is 4. The van der Waals surface area contributed by atoms with Crippen LogP contribution in [0.5, 0.6) is 0 Å². The van der Waals surface area contributed by atoms with Gasteiger partial charge >= 0.3 is 38.7 Å². The molecular weight excluding hydrogens is 660 g/mol. The van der Waals surface area contributed by atoms with E-state index in [0.29, 0.717) is 0 Å². The number of hydrogen-bond donors (Lipinski definition) is 0. The molecule has 1 aliphatic rings. The van der Waals surface area contributed by atoms with Gasteiger partial charge in [0.2, 0.25) is 0 Å². The number of para-hydroxylation sites is 1. The van der Waals surface area contributed by atoms with Crippen molar-refractivity contribution in [1.29, 1.82) is 0 Å². The summed E-state index contributed by atoms with van der Waals surface area (Å²) in [7, 11) is 1.91. The van der Waals surface area contributed by atoms with Gasteiger partial charge in [0.1, 0.15) is 12.9 Å². The van der Waals surface area contributed by atoms with Gasteiger partial charge in [-0.3, -0.25) is 0 Å². The van der Waals surface area contributed by atoms with E-state index < -0.39 is 0 Å². The topological polar surface area (TPSA) is 49.6 Å². The van der Waals surface area contributed by atoms with Crippen molar-refractivity contribution in [2.45, 2.75) is 9.79 Å². The quantitative estimate of drug-likeness (QED) is 0.170. The molecule has 0 saturated carbocycles. The van der Waals surface area contributed by atoms with Gasteiger partial charge in [-0.1, -0.05) is 34.7 Å². The van der Waals surface area contributed by atoms with Crippen LogP contribution in [-0.2, 0) is 21.1 Å². The van der Waals surface area contributed by atoms with Gasteiger partial charge in [0.05, 0.1) is 11.9 Å². The second-order valence-electron chi connectivity index (χ2n) is 8.33. The smallest absolute Gasteiger partial charge is 0.319 e. The summed E-state index contributed by atoms with van der Waals surface area (Å²) in [6.45, 7) is 0. The fourth-order valence-corrected chi connectivity index (χ4v) is 5.36. The third-order valence-electron chi connectivity index (χ3n) is 6.09. The van der Waals surface area contributed by atoms with Crippen LogP contribution in [0, 0.1) is 12.1 Å². The van der Waals surface area contributed by atoms with E-state index in [1.165, 1.54) is 5.39 Å². The molecule has 0 unspecified atom stereocenters. The molecule has 178 valence electrons. The fourth-order valence-electron chi connectivity index (χ4n) is 4.53. The predicted octanol–water partition coefficient (Wildman–Crippen LogP) is 6.01. The average molecular weight is 678 g/mol. The van der Waals surface area contributed by atoms with Gasteiger partial charge in [0.25, 0.3) is 0 Å². The molecule has 0 radical (unpaired) electrons. The summed E-state index contributed by atoms with van der Waals surface area (Å²) < 4.78 is 5.90.